The molecule has 0 spiro atoms. The van der Waals surface area contributed by atoms with Crippen LogP contribution in [0.2, 0.25) is 0 Å². The molecule has 0 bridgehead atoms. The van der Waals surface area contributed by atoms with Gasteiger partial charge in [0.15, 0.2) is 0 Å². The number of aromatic nitrogens is 2. The summed E-state index contributed by atoms with van der Waals surface area (Å²) in [6, 6.07) is 13.4. The van der Waals surface area contributed by atoms with E-state index in [2.05, 4.69) is 5.10 Å². The fourth-order valence-corrected chi connectivity index (χ4v) is 2.08. The van der Waals surface area contributed by atoms with Gasteiger partial charge in [0.1, 0.15) is 5.75 Å². The molecule has 5 heteroatoms. The van der Waals surface area contributed by atoms with E-state index in [1.165, 1.54) is 6.07 Å². The van der Waals surface area contributed by atoms with E-state index in [1.807, 2.05) is 6.07 Å². The molecule has 1 aromatic heterocycles. The first-order valence-corrected chi connectivity index (χ1v) is 6.31. The van der Waals surface area contributed by atoms with Crippen LogP contribution in [0.15, 0.2) is 60.9 Å². The van der Waals surface area contributed by atoms with Gasteiger partial charge in [-0.1, -0.05) is 18.2 Å². The molecule has 0 radical (unpaired) electrons. The molecule has 5 nitrogen and oxygen atoms in total. The van der Waals surface area contributed by atoms with Gasteiger partial charge in [0.25, 0.3) is 0 Å². The smallest absolute Gasteiger partial charge is 0.335 e. The summed E-state index contributed by atoms with van der Waals surface area (Å²) in [5, 5.41) is 22.8. The molecule has 0 saturated heterocycles. The second kappa shape index (κ2) is 5.13. The quantitative estimate of drug-likeness (QED) is 0.773. The number of aromatic hydroxyl groups is 1. The van der Waals surface area contributed by atoms with Gasteiger partial charge < -0.3 is 10.2 Å². The Balaban J connectivity index is 1.98. The van der Waals surface area contributed by atoms with Crippen molar-refractivity contribution in [2.75, 3.05) is 0 Å². The van der Waals surface area contributed by atoms with Crippen LogP contribution >= 0.6 is 0 Å². The zero-order chi connectivity index (χ0) is 14.8. The summed E-state index contributed by atoms with van der Waals surface area (Å²) >= 11 is 0. The third-order valence-electron chi connectivity index (χ3n) is 3.12. The van der Waals surface area contributed by atoms with Crippen molar-refractivity contribution in [2.45, 2.75) is 0 Å². The van der Waals surface area contributed by atoms with Crippen molar-refractivity contribution < 1.29 is 15.0 Å². The Morgan fingerprint density at radius 2 is 1.86 bits per heavy atom. The molecule has 0 saturated carbocycles. The van der Waals surface area contributed by atoms with Crippen molar-refractivity contribution in [2.24, 2.45) is 0 Å². The number of carboxylic acid groups (broad SMARTS) is 1. The number of nitrogens with zero attached hydrogens (tertiary/aromatic N) is 2. The lowest BCUT2D eigenvalue weighted by atomic mass is 10.1. The Morgan fingerprint density at radius 1 is 1.05 bits per heavy atom. The van der Waals surface area contributed by atoms with Gasteiger partial charge in [0, 0.05) is 11.8 Å². The predicted molar refractivity (Wildman–Crippen MR) is 77.6 cm³/mol. The van der Waals surface area contributed by atoms with Gasteiger partial charge in [-0.2, -0.15) is 5.10 Å². The fraction of sp³-hybridized carbons (Fsp3) is 0. The maximum absolute atomic E-state index is 11.0. The van der Waals surface area contributed by atoms with Gasteiger partial charge in [-0.3, -0.25) is 0 Å². The minimum Gasteiger partial charge on any atom is -0.508 e. The summed E-state index contributed by atoms with van der Waals surface area (Å²) in [7, 11) is 0. The van der Waals surface area contributed by atoms with Crippen molar-refractivity contribution in [1.82, 2.24) is 9.78 Å². The average molecular weight is 280 g/mol. The van der Waals surface area contributed by atoms with Crippen LogP contribution in [0.4, 0.5) is 0 Å². The van der Waals surface area contributed by atoms with Crippen molar-refractivity contribution in [3.8, 4) is 22.6 Å². The number of phenolic OH excluding ortho intramolecular Hbond substituents is 1. The van der Waals surface area contributed by atoms with Crippen LogP contribution in [-0.4, -0.2) is 26.0 Å². The Hall–Kier alpha value is -3.08. The Morgan fingerprint density at radius 3 is 2.62 bits per heavy atom. The second-order valence-corrected chi connectivity index (χ2v) is 4.58. The molecular formula is C16H12N2O3. The summed E-state index contributed by atoms with van der Waals surface area (Å²) in [4.78, 5) is 11.0. The van der Waals surface area contributed by atoms with Gasteiger partial charge in [-0.25, -0.2) is 9.48 Å². The number of aromatic carboxylic acids is 1. The molecule has 21 heavy (non-hydrogen) atoms. The van der Waals surface area contributed by atoms with Crippen LogP contribution in [0.3, 0.4) is 0 Å². The molecule has 0 aliphatic carbocycles. The normalized spacial score (nSPS) is 10.5. The summed E-state index contributed by atoms with van der Waals surface area (Å²) in [6.45, 7) is 0. The zero-order valence-electron chi connectivity index (χ0n) is 11.0. The van der Waals surface area contributed by atoms with E-state index in [4.69, 9.17) is 5.11 Å². The lowest BCUT2D eigenvalue weighted by Crippen LogP contribution is -1.99. The van der Waals surface area contributed by atoms with Gasteiger partial charge in [0.05, 0.1) is 17.4 Å². The van der Waals surface area contributed by atoms with Gasteiger partial charge in [0.2, 0.25) is 0 Å². The van der Waals surface area contributed by atoms with Crippen LogP contribution in [-0.2, 0) is 0 Å². The predicted octanol–water partition coefficient (Wildman–Crippen LogP) is 2.94. The first-order valence-electron chi connectivity index (χ1n) is 6.31. The Bertz CT molecular complexity index is 809. The first-order chi connectivity index (χ1) is 10.1. The van der Waals surface area contributed by atoms with Crippen LogP contribution in [0, 0.1) is 0 Å². The highest BCUT2D eigenvalue weighted by atomic mass is 16.4. The number of benzene rings is 2. The van der Waals surface area contributed by atoms with Crippen molar-refractivity contribution in [3.05, 3.63) is 66.5 Å². The van der Waals surface area contributed by atoms with Crippen molar-refractivity contribution in [1.29, 1.82) is 0 Å². The first kappa shape index (κ1) is 12.9. The summed E-state index contributed by atoms with van der Waals surface area (Å²) in [5.74, 6) is -0.787. The highest BCUT2D eigenvalue weighted by Crippen LogP contribution is 2.23. The van der Waals surface area contributed by atoms with Gasteiger partial charge >= 0.3 is 5.97 Å². The molecule has 2 aromatic carbocycles. The topological polar surface area (TPSA) is 75.3 Å². The van der Waals surface area contributed by atoms with Crippen molar-refractivity contribution >= 4 is 5.97 Å². The van der Waals surface area contributed by atoms with Crippen LogP contribution in [0.5, 0.6) is 5.75 Å². The lowest BCUT2D eigenvalue weighted by Gasteiger charge is -2.02. The van der Waals surface area contributed by atoms with Crippen LogP contribution in [0.1, 0.15) is 10.4 Å². The molecule has 1 heterocycles. The minimum atomic E-state index is -0.975. The standard InChI is InChI=1S/C16H12N2O3/c19-15-6-2-3-11(8-15)13-9-17-18(10-13)14-5-1-4-12(7-14)16(20)21/h1-10,19H,(H,20,21). The molecule has 0 unspecified atom stereocenters. The third-order valence-corrected chi connectivity index (χ3v) is 3.12. The summed E-state index contributed by atoms with van der Waals surface area (Å²) in [5.41, 5.74) is 2.56. The molecule has 0 amide bonds. The Labute approximate surface area is 120 Å². The minimum absolute atomic E-state index is 0.188. The van der Waals surface area contributed by atoms with Crippen LogP contribution < -0.4 is 0 Å². The second-order valence-electron chi connectivity index (χ2n) is 4.58. The van der Waals surface area contributed by atoms with E-state index < -0.39 is 5.97 Å². The lowest BCUT2D eigenvalue weighted by molar-refractivity contribution is 0.0697. The third kappa shape index (κ3) is 2.62. The molecule has 0 atom stereocenters. The van der Waals surface area contributed by atoms with E-state index in [0.717, 1.165) is 11.1 Å². The zero-order valence-corrected chi connectivity index (χ0v) is 11.0. The molecule has 0 aliphatic heterocycles. The van der Waals surface area contributed by atoms with Crippen LogP contribution in [0.25, 0.3) is 16.8 Å². The summed E-state index contributed by atoms with van der Waals surface area (Å²) < 4.78 is 1.60. The molecular weight excluding hydrogens is 268 g/mol. The fourth-order valence-electron chi connectivity index (χ4n) is 2.08. The van der Waals surface area contributed by atoms with Gasteiger partial charge in [-0.15, -0.1) is 0 Å². The molecule has 2 N–H and O–H groups in total. The highest BCUT2D eigenvalue weighted by molar-refractivity contribution is 5.88. The number of rotatable bonds is 3. The largest absolute Gasteiger partial charge is 0.508 e. The number of hydrogen-bond donors (Lipinski definition) is 2. The van der Waals surface area contributed by atoms with E-state index in [-0.39, 0.29) is 11.3 Å². The number of carbonyl (C=O) groups is 1. The molecule has 104 valence electrons. The van der Waals surface area contributed by atoms with E-state index in [9.17, 15) is 9.90 Å². The Kier molecular flexibility index (Phi) is 3.16. The van der Waals surface area contributed by atoms with Gasteiger partial charge in [-0.05, 0) is 35.9 Å². The maximum atomic E-state index is 11.0. The monoisotopic (exact) mass is 280 g/mol. The SMILES string of the molecule is O=C(O)c1cccc(-n2cc(-c3cccc(O)c3)cn2)c1. The molecule has 3 aromatic rings. The molecule has 0 aliphatic rings. The number of carboxylic acids is 1. The van der Waals surface area contributed by atoms with E-state index in [0.29, 0.717) is 5.69 Å². The van der Waals surface area contributed by atoms with E-state index in [1.54, 1.807) is 53.5 Å². The number of hydrogen-bond acceptors (Lipinski definition) is 3. The van der Waals surface area contributed by atoms with Crippen molar-refractivity contribution in [3.63, 3.8) is 0 Å². The highest BCUT2D eigenvalue weighted by Gasteiger charge is 2.07. The summed E-state index contributed by atoms with van der Waals surface area (Å²) in [6.07, 6.45) is 3.46. The molecule has 0 fully saturated rings. The van der Waals surface area contributed by atoms with E-state index >= 15 is 0 Å². The molecule has 3 rings (SSSR count). The maximum Gasteiger partial charge on any atom is 0.335 e. The number of phenols is 1. The average Bonchev–Trinajstić information content (AvgIpc) is 2.97.